The molecule has 0 aliphatic carbocycles. The van der Waals surface area contributed by atoms with Gasteiger partial charge in [0.2, 0.25) is 5.95 Å². The predicted molar refractivity (Wildman–Crippen MR) is 67.4 cm³/mol. The molecule has 1 rings (SSSR count). The SMILES string of the molecule is C/C(=N\[S@+]([O-])C(C)C)c1cc(Br)cnc1F. The Hall–Kier alpha value is -0.460. The van der Waals surface area contributed by atoms with Gasteiger partial charge in [0.25, 0.3) is 0 Å². The third-order valence-corrected chi connectivity index (χ3v) is 3.52. The van der Waals surface area contributed by atoms with Gasteiger partial charge in [-0.25, -0.2) is 4.98 Å². The lowest BCUT2D eigenvalue weighted by atomic mass is 10.2. The van der Waals surface area contributed by atoms with Crippen LogP contribution in [0.5, 0.6) is 0 Å². The van der Waals surface area contributed by atoms with E-state index in [0.29, 0.717) is 10.2 Å². The van der Waals surface area contributed by atoms with Gasteiger partial charge in [-0.05, 0) is 42.8 Å². The molecule has 88 valence electrons. The summed E-state index contributed by atoms with van der Waals surface area (Å²) in [6.07, 6.45) is 1.37. The molecule has 0 N–H and O–H groups in total. The van der Waals surface area contributed by atoms with Crippen LogP contribution in [-0.2, 0) is 11.4 Å². The Kier molecular flexibility index (Phi) is 4.89. The van der Waals surface area contributed by atoms with Gasteiger partial charge >= 0.3 is 0 Å². The van der Waals surface area contributed by atoms with E-state index in [4.69, 9.17) is 0 Å². The van der Waals surface area contributed by atoms with Crippen molar-refractivity contribution in [2.24, 2.45) is 4.40 Å². The maximum atomic E-state index is 13.4. The minimum atomic E-state index is -1.34. The lowest BCUT2D eigenvalue weighted by Gasteiger charge is -2.08. The molecule has 6 heteroatoms. The van der Waals surface area contributed by atoms with Crippen molar-refractivity contribution in [3.63, 3.8) is 0 Å². The minimum Gasteiger partial charge on any atom is -0.591 e. The van der Waals surface area contributed by atoms with Crippen LogP contribution in [0.15, 0.2) is 21.1 Å². The number of pyridine rings is 1. The molecule has 0 aromatic carbocycles. The van der Waals surface area contributed by atoms with Crippen LogP contribution >= 0.6 is 15.9 Å². The molecule has 0 radical (unpaired) electrons. The highest BCUT2D eigenvalue weighted by Gasteiger charge is 2.14. The molecular formula is C10H12BrFN2OS. The Labute approximate surface area is 106 Å². The van der Waals surface area contributed by atoms with Crippen molar-refractivity contribution in [1.82, 2.24) is 4.98 Å². The average Bonchev–Trinajstić information content (AvgIpc) is 2.21. The molecule has 1 aromatic rings. The molecule has 0 aliphatic rings. The summed E-state index contributed by atoms with van der Waals surface area (Å²) in [5.74, 6) is -0.606. The van der Waals surface area contributed by atoms with Gasteiger partial charge in [-0.15, -0.1) is 0 Å². The van der Waals surface area contributed by atoms with Gasteiger partial charge in [-0.1, -0.05) is 4.40 Å². The zero-order valence-corrected chi connectivity index (χ0v) is 11.6. The zero-order chi connectivity index (χ0) is 12.3. The van der Waals surface area contributed by atoms with Crippen LogP contribution in [0.2, 0.25) is 0 Å². The van der Waals surface area contributed by atoms with Crippen molar-refractivity contribution < 1.29 is 8.94 Å². The second-order valence-electron chi connectivity index (χ2n) is 3.49. The van der Waals surface area contributed by atoms with E-state index in [2.05, 4.69) is 25.3 Å². The van der Waals surface area contributed by atoms with E-state index < -0.39 is 17.3 Å². The predicted octanol–water partition coefficient (Wildman–Crippen LogP) is 2.86. The number of rotatable bonds is 3. The zero-order valence-electron chi connectivity index (χ0n) is 9.20. The Morgan fingerprint density at radius 3 is 2.81 bits per heavy atom. The molecular weight excluding hydrogens is 295 g/mol. The smallest absolute Gasteiger partial charge is 0.222 e. The summed E-state index contributed by atoms with van der Waals surface area (Å²) >= 11 is 1.86. The van der Waals surface area contributed by atoms with Crippen LogP contribution in [0, 0.1) is 5.95 Å². The number of nitrogens with zero attached hydrogens (tertiary/aromatic N) is 2. The monoisotopic (exact) mass is 306 g/mol. The van der Waals surface area contributed by atoms with Gasteiger partial charge in [-0.2, -0.15) is 4.39 Å². The quantitative estimate of drug-likeness (QED) is 0.490. The highest BCUT2D eigenvalue weighted by Crippen LogP contribution is 2.15. The van der Waals surface area contributed by atoms with Gasteiger partial charge in [0.1, 0.15) is 11.0 Å². The summed E-state index contributed by atoms with van der Waals surface area (Å²) in [7, 11) is 0. The van der Waals surface area contributed by atoms with Crippen LogP contribution in [0.3, 0.4) is 0 Å². The fraction of sp³-hybridized carbons (Fsp3) is 0.400. The van der Waals surface area contributed by atoms with E-state index in [9.17, 15) is 8.94 Å². The molecule has 1 atom stereocenters. The third kappa shape index (κ3) is 3.54. The van der Waals surface area contributed by atoms with E-state index in [1.165, 1.54) is 6.20 Å². The van der Waals surface area contributed by atoms with Crippen LogP contribution in [0.4, 0.5) is 4.39 Å². The highest BCUT2D eigenvalue weighted by molar-refractivity contribution is 9.10. The van der Waals surface area contributed by atoms with Crippen LogP contribution in [0.1, 0.15) is 26.3 Å². The summed E-state index contributed by atoms with van der Waals surface area (Å²) in [5.41, 5.74) is 0.654. The normalized spacial score (nSPS) is 14.3. The highest BCUT2D eigenvalue weighted by atomic mass is 79.9. The third-order valence-electron chi connectivity index (χ3n) is 1.83. The Balaban J connectivity index is 3.04. The van der Waals surface area contributed by atoms with E-state index in [1.807, 2.05) is 0 Å². The van der Waals surface area contributed by atoms with E-state index in [0.717, 1.165) is 0 Å². The second-order valence-corrected chi connectivity index (χ2v) is 6.09. The molecule has 0 bridgehead atoms. The number of hydrogen-bond acceptors (Lipinski definition) is 3. The standard InChI is InChI=1S/C10H12BrFN2OS/c1-6(2)16(15)14-7(3)9-4-8(11)5-13-10(9)12/h4-6H,1-3H3/b14-7+/t16-/m1/s1. The average molecular weight is 307 g/mol. The first kappa shape index (κ1) is 13.6. The molecule has 1 aromatic heterocycles. The first-order chi connectivity index (χ1) is 7.41. The van der Waals surface area contributed by atoms with E-state index in [1.54, 1.807) is 26.8 Å². The van der Waals surface area contributed by atoms with Gasteiger partial charge in [0, 0.05) is 10.7 Å². The van der Waals surface area contributed by atoms with Gasteiger partial charge in [0.15, 0.2) is 0 Å². The lowest BCUT2D eigenvalue weighted by Crippen LogP contribution is -2.13. The van der Waals surface area contributed by atoms with E-state index >= 15 is 0 Å². The van der Waals surface area contributed by atoms with Gasteiger partial charge in [-0.3, -0.25) is 0 Å². The second kappa shape index (κ2) is 5.75. The molecule has 0 aliphatic heterocycles. The van der Waals surface area contributed by atoms with Crippen LogP contribution in [-0.4, -0.2) is 20.5 Å². The fourth-order valence-corrected chi connectivity index (χ4v) is 1.88. The van der Waals surface area contributed by atoms with Crippen molar-refractivity contribution in [3.8, 4) is 0 Å². The van der Waals surface area contributed by atoms with Gasteiger partial charge in [0.05, 0.1) is 16.9 Å². The fourth-order valence-electron chi connectivity index (χ4n) is 0.966. The summed E-state index contributed by atoms with van der Waals surface area (Å²) in [6.45, 7) is 5.21. The minimum absolute atomic E-state index is 0.0851. The lowest BCUT2D eigenvalue weighted by molar-refractivity contribution is 0.580. The summed E-state index contributed by atoms with van der Waals surface area (Å²) in [6, 6.07) is 1.57. The van der Waals surface area contributed by atoms with Gasteiger partial charge < -0.3 is 4.55 Å². The number of hydrogen-bond donors (Lipinski definition) is 0. The van der Waals surface area contributed by atoms with Crippen LogP contribution < -0.4 is 0 Å². The Morgan fingerprint density at radius 1 is 1.62 bits per heavy atom. The Morgan fingerprint density at radius 2 is 2.25 bits per heavy atom. The molecule has 0 saturated heterocycles. The number of aromatic nitrogens is 1. The molecule has 0 saturated carbocycles. The maximum Gasteiger partial charge on any atom is 0.222 e. The Bertz CT molecular complexity index is 412. The number of halogens is 2. The van der Waals surface area contributed by atoms with Crippen molar-refractivity contribution >= 4 is 33.0 Å². The molecule has 3 nitrogen and oxygen atoms in total. The first-order valence-electron chi connectivity index (χ1n) is 4.69. The molecule has 0 fully saturated rings. The molecule has 0 unspecified atom stereocenters. The van der Waals surface area contributed by atoms with Crippen molar-refractivity contribution in [2.45, 2.75) is 26.0 Å². The molecule has 0 spiro atoms. The summed E-state index contributed by atoms with van der Waals surface area (Å²) in [5, 5.41) is -0.0851. The first-order valence-corrected chi connectivity index (χ1v) is 6.65. The summed E-state index contributed by atoms with van der Waals surface area (Å²) in [4.78, 5) is 3.56. The molecule has 1 heterocycles. The maximum absolute atomic E-state index is 13.4. The molecule has 16 heavy (non-hydrogen) atoms. The van der Waals surface area contributed by atoms with E-state index in [-0.39, 0.29) is 10.8 Å². The van der Waals surface area contributed by atoms with Crippen LogP contribution in [0.25, 0.3) is 0 Å². The van der Waals surface area contributed by atoms with Crippen molar-refractivity contribution in [3.05, 3.63) is 28.2 Å². The molecule has 0 amide bonds. The topological polar surface area (TPSA) is 48.3 Å². The summed E-state index contributed by atoms with van der Waals surface area (Å²) < 4.78 is 29.4. The van der Waals surface area contributed by atoms with Crippen molar-refractivity contribution in [1.29, 1.82) is 0 Å². The van der Waals surface area contributed by atoms with Crippen molar-refractivity contribution in [2.75, 3.05) is 0 Å². The largest absolute Gasteiger partial charge is 0.591 e.